The van der Waals surface area contributed by atoms with E-state index in [-0.39, 0.29) is 17.7 Å². The topological polar surface area (TPSA) is 62.3 Å². The SMILES string of the molecule is CCCN1C[C@H](C(=O)Nc2cccnc2)CC1=O. The Hall–Kier alpha value is -1.91. The number of nitrogens with one attached hydrogen (secondary N) is 1. The lowest BCUT2D eigenvalue weighted by atomic mass is 10.1. The van der Waals surface area contributed by atoms with E-state index in [2.05, 4.69) is 10.3 Å². The largest absolute Gasteiger partial charge is 0.342 e. The first-order valence-corrected chi connectivity index (χ1v) is 6.19. The van der Waals surface area contributed by atoms with Crippen molar-refractivity contribution >= 4 is 17.5 Å². The molecule has 5 heteroatoms. The van der Waals surface area contributed by atoms with Crippen LogP contribution in [0.1, 0.15) is 19.8 Å². The van der Waals surface area contributed by atoms with E-state index in [9.17, 15) is 9.59 Å². The Kier molecular flexibility index (Phi) is 3.92. The molecular formula is C13H17N3O2. The van der Waals surface area contributed by atoms with Crippen molar-refractivity contribution in [3.8, 4) is 0 Å². The van der Waals surface area contributed by atoms with Crippen molar-refractivity contribution in [3.63, 3.8) is 0 Å². The van der Waals surface area contributed by atoms with Crippen LogP contribution >= 0.6 is 0 Å². The number of aromatic nitrogens is 1. The fraction of sp³-hybridized carbons (Fsp3) is 0.462. The average Bonchev–Trinajstić information content (AvgIpc) is 2.73. The number of amides is 2. The number of carbonyl (C=O) groups excluding carboxylic acids is 2. The molecule has 2 heterocycles. The van der Waals surface area contributed by atoms with Gasteiger partial charge in [-0.15, -0.1) is 0 Å². The molecule has 2 amide bonds. The maximum Gasteiger partial charge on any atom is 0.229 e. The van der Waals surface area contributed by atoms with Gasteiger partial charge in [0, 0.05) is 25.7 Å². The maximum atomic E-state index is 12.0. The van der Waals surface area contributed by atoms with Gasteiger partial charge in [-0.25, -0.2) is 0 Å². The van der Waals surface area contributed by atoms with Gasteiger partial charge in [0.05, 0.1) is 17.8 Å². The fourth-order valence-electron chi connectivity index (χ4n) is 2.11. The smallest absolute Gasteiger partial charge is 0.229 e. The summed E-state index contributed by atoms with van der Waals surface area (Å²) in [5.41, 5.74) is 0.670. The lowest BCUT2D eigenvalue weighted by Crippen LogP contribution is -2.28. The summed E-state index contributed by atoms with van der Waals surface area (Å²) in [4.78, 5) is 29.3. The van der Waals surface area contributed by atoms with Crippen LogP contribution in [0.25, 0.3) is 0 Å². The van der Waals surface area contributed by atoms with E-state index in [4.69, 9.17) is 0 Å². The summed E-state index contributed by atoms with van der Waals surface area (Å²) in [5.74, 6) is -0.276. The number of carbonyl (C=O) groups is 2. The number of anilines is 1. The lowest BCUT2D eigenvalue weighted by Gasteiger charge is -2.15. The molecule has 1 saturated heterocycles. The van der Waals surface area contributed by atoms with Crippen molar-refractivity contribution in [2.75, 3.05) is 18.4 Å². The van der Waals surface area contributed by atoms with Crippen molar-refractivity contribution in [3.05, 3.63) is 24.5 Å². The minimum Gasteiger partial charge on any atom is -0.342 e. The first-order valence-electron chi connectivity index (χ1n) is 6.19. The summed E-state index contributed by atoms with van der Waals surface area (Å²) in [6.45, 7) is 3.28. The van der Waals surface area contributed by atoms with Crippen LogP contribution in [0, 0.1) is 5.92 Å². The van der Waals surface area contributed by atoms with Gasteiger partial charge in [-0.2, -0.15) is 0 Å². The first-order chi connectivity index (χ1) is 8.70. The number of likely N-dealkylation sites (tertiary alicyclic amines) is 1. The Morgan fingerprint density at radius 3 is 3.11 bits per heavy atom. The van der Waals surface area contributed by atoms with E-state index in [1.54, 1.807) is 29.4 Å². The summed E-state index contributed by atoms with van der Waals surface area (Å²) in [6.07, 6.45) is 4.48. The summed E-state index contributed by atoms with van der Waals surface area (Å²) in [5, 5.41) is 2.79. The Morgan fingerprint density at radius 1 is 1.61 bits per heavy atom. The van der Waals surface area contributed by atoms with Crippen LogP contribution in [0.2, 0.25) is 0 Å². The molecule has 0 bridgehead atoms. The van der Waals surface area contributed by atoms with Crippen LogP contribution in [-0.4, -0.2) is 34.8 Å². The van der Waals surface area contributed by atoms with Gasteiger partial charge in [-0.1, -0.05) is 6.92 Å². The van der Waals surface area contributed by atoms with Crippen molar-refractivity contribution < 1.29 is 9.59 Å². The third kappa shape index (κ3) is 2.85. The molecule has 1 N–H and O–H groups in total. The minimum absolute atomic E-state index is 0.0724. The zero-order valence-corrected chi connectivity index (χ0v) is 10.4. The Morgan fingerprint density at radius 2 is 2.44 bits per heavy atom. The van der Waals surface area contributed by atoms with E-state index >= 15 is 0 Å². The molecule has 2 rings (SSSR count). The van der Waals surface area contributed by atoms with Gasteiger partial charge in [0.1, 0.15) is 0 Å². The predicted molar refractivity (Wildman–Crippen MR) is 67.8 cm³/mol. The molecule has 96 valence electrons. The van der Waals surface area contributed by atoms with Crippen LogP contribution in [0.3, 0.4) is 0 Å². The molecule has 1 atom stereocenters. The van der Waals surface area contributed by atoms with Crippen LogP contribution in [0.5, 0.6) is 0 Å². The van der Waals surface area contributed by atoms with Gasteiger partial charge in [0.15, 0.2) is 0 Å². The van der Waals surface area contributed by atoms with Crippen molar-refractivity contribution in [1.82, 2.24) is 9.88 Å². The molecule has 1 aromatic rings. The van der Waals surface area contributed by atoms with E-state index in [1.807, 2.05) is 6.92 Å². The number of pyridine rings is 1. The molecule has 0 unspecified atom stereocenters. The van der Waals surface area contributed by atoms with Crippen molar-refractivity contribution in [1.29, 1.82) is 0 Å². The highest BCUT2D eigenvalue weighted by atomic mass is 16.2. The molecular weight excluding hydrogens is 230 g/mol. The molecule has 0 saturated carbocycles. The molecule has 0 radical (unpaired) electrons. The highest BCUT2D eigenvalue weighted by molar-refractivity contribution is 5.97. The molecule has 1 fully saturated rings. The number of hydrogen-bond acceptors (Lipinski definition) is 3. The molecule has 0 aliphatic carbocycles. The third-order valence-corrected chi connectivity index (χ3v) is 3.01. The molecule has 0 spiro atoms. The van der Waals surface area contributed by atoms with Gasteiger partial charge in [0.25, 0.3) is 0 Å². The Bertz CT molecular complexity index is 433. The van der Waals surface area contributed by atoms with Crippen molar-refractivity contribution in [2.24, 2.45) is 5.92 Å². The third-order valence-electron chi connectivity index (χ3n) is 3.01. The van der Waals surface area contributed by atoms with Crippen LogP contribution < -0.4 is 5.32 Å². The van der Waals surface area contributed by atoms with Gasteiger partial charge < -0.3 is 10.2 Å². The second kappa shape index (κ2) is 5.62. The van der Waals surface area contributed by atoms with Crippen LogP contribution in [0.15, 0.2) is 24.5 Å². The van der Waals surface area contributed by atoms with E-state index in [0.717, 1.165) is 13.0 Å². The summed E-state index contributed by atoms with van der Waals surface area (Å²) in [7, 11) is 0. The second-order valence-corrected chi connectivity index (χ2v) is 4.47. The van der Waals surface area contributed by atoms with Crippen LogP contribution in [-0.2, 0) is 9.59 Å². The van der Waals surface area contributed by atoms with E-state index in [0.29, 0.717) is 18.7 Å². The zero-order chi connectivity index (χ0) is 13.0. The highest BCUT2D eigenvalue weighted by Gasteiger charge is 2.33. The summed E-state index contributed by atoms with van der Waals surface area (Å²) >= 11 is 0. The molecule has 5 nitrogen and oxygen atoms in total. The number of nitrogens with zero attached hydrogens (tertiary/aromatic N) is 2. The quantitative estimate of drug-likeness (QED) is 0.871. The Balaban J connectivity index is 1.93. The zero-order valence-electron chi connectivity index (χ0n) is 10.4. The fourth-order valence-corrected chi connectivity index (χ4v) is 2.11. The molecule has 18 heavy (non-hydrogen) atoms. The Labute approximate surface area is 106 Å². The predicted octanol–water partition coefficient (Wildman–Crippen LogP) is 1.28. The van der Waals surface area contributed by atoms with Gasteiger partial charge >= 0.3 is 0 Å². The van der Waals surface area contributed by atoms with Gasteiger partial charge in [-0.05, 0) is 18.6 Å². The highest BCUT2D eigenvalue weighted by Crippen LogP contribution is 2.19. The maximum absolute atomic E-state index is 12.0. The standard InChI is InChI=1S/C13H17N3O2/c1-2-6-16-9-10(7-12(16)17)13(18)15-11-4-3-5-14-8-11/h3-5,8,10H,2,6-7,9H2,1H3,(H,15,18)/t10-/m1/s1. The van der Waals surface area contributed by atoms with Crippen molar-refractivity contribution in [2.45, 2.75) is 19.8 Å². The number of rotatable bonds is 4. The molecule has 1 aromatic heterocycles. The summed E-state index contributed by atoms with van der Waals surface area (Å²) < 4.78 is 0. The van der Waals surface area contributed by atoms with E-state index in [1.165, 1.54) is 0 Å². The van der Waals surface area contributed by atoms with Gasteiger partial charge in [-0.3, -0.25) is 14.6 Å². The minimum atomic E-state index is -0.246. The second-order valence-electron chi connectivity index (χ2n) is 4.47. The molecule has 0 aromatic carbocycles. The molecule has 1 aliphatic rings. The van der Waals surface area contributed by atoms with Crippen LogP contribution in [0.4, 0.5) is 5.69 Å². The normalized spacial score (nSPS) is 19.1. The van der Waals surface area contributed by atoms with Gasteiger partial charge in [0.2, 0.25) is 11.8 Å². The van der Waals surface area contributed by atoms with E-state index < -0.39 is 0 Å². The lowest BCUT2D eigenvalue weighted by molar-refractivity contribution is -0.128. The monoisotopic (exact) mass is 247 g/mol. The number of hydrogen-bond donors (Lipinski definition) is 1. The average molecular weight is 247 g/mol. The summed E-state index contributed by atoms with van der Waals surface area (Å²) in [6, 6.07) is 3.55. The molecule has 1 aliphatic heterocycles. The first kappa shape index (κ1) is 12.5.